The van der Waals surface area contributed by atoms with Crippen LogP contribution in [0.4, 0.5) is 10.5 Å². The van der Waals surface area contributed by atoms with Crippen LogP contribution in [0.15, 0.2) is 41.6 Å². The Labute approximate surface area is 238 Å². The van der Waals surface area contributed by atoms with Crippen LogP contribution in [0.2, 0.25) is 0 Å². The van der Waals surface area contributed by atoms with E-state index in [2.05, 4.69) is 39.1 Å². The van der Waals surface area contributed by atoms with Crippen LogP contribution in [-0.2, 0) is 27.3 Å². The molecule has 41 heavy (non-hydrogen) atoms. The Kier molecular flexibility index (Phi) is 10.7. The average Bonchev–Trinajstić information content (AvgIpc) is 3.34. The van der Waals surface area contributed by atoms with Gasteiger partial charge in [-0.3, -0.25) is 14.4 Å². The number of carbonyl (C=O) groups is 3. The van der Waals surface area contributed by atoms with Crippen LogP contribution < -0.4 is 10.9 Å². The molecule has 0 aliphatic heterocycles. The number of hydrogen-bond acceptors (Lipinski definition) is 8. The molecule has 3 heterocycles. The molecule has 0 radical (unpaired) electrons. The maximum Gasteiger partial charge on any atom is 0.410 e. The first-order valence-electron chi connectivity index (χ1n) is 13.4. The molecule has 3 rings (SSSR count). The molecule has 0 aromatic carbocycles. The third-order valence-electron chi connectivity index (χ3n) is 6.16. The highest BCUT2D eigenvalue weighted by molar-refractivity contribution is 5.95. The summed E-state index contributed by atoms with van der Waals surface area (Å²) in [6.07, 6.45) is 6.33. The summed E-state index contributed by atoms with van der Waals surface area (Å²) in [5, 5.41) is 2.59. The van der Waals surface area contributed by atoms with Gasteiger partial charge in [-0.25, -0.2) is 19.7 Å². The predicted molar refractivity (Wildman–Crippen MR) is 154 cm³/mol. The zero-order chi connectivity index (χ0) is 30.1. The SMILES string of the molecule is CC(C)CCc1ncnc2[nH]c(Cn3cccc(NC(=O)C(CCC=CC(=O)N(C)C)OC(=O)N(C)C)c3=O)nc12. The zero-order valence-corrected chi connectivity index (χ0v) is 24.4. The Balaban J connectivity index is 1.76. The lowest BCUT2D eigenvalue weighted by Gasteiger charge is -2.19. The molecule has 1 atom stereocenters. The van der Waals surface area contributed by atoms with E-state index in [4.69, 9.17) is 4.74 Å². The van der Waals surface area contributed by atoms with Gasteiger partial charge < -0.3 is 29.4 Å². The number of ether oxygens (including phenoxy) is 1. The summed E-state index contributed by atoms with van der Waals surface area (Å²) in [7, 11) is 6.25. The molecule has 0 saturated carbocycles. The Morgan fingerprint density at radius 1 is 1.12 bits per heavy atom. The van der Waals surface area contributed by atoms with E-state index in [1.54, 1.807) is 32.4 Å². The zero-order valence-electron chi connectivity index (χ0n) is 24.4. The first-order valence-corrected chi connectivity index (χ1v) is 13.4. The van der Waals surface area contributed by atoms with E-state index in [-0.39, 0.29) is 24.6 Å². The largest absolute Gasteiger partial charge is 0.436 e. The van der Waals surface area contributed by atoms with Crippen LogP contribution in [0.1, 0.15) is 44.6 Å². The first kappa shape index (κ1) is 31.0. The van der Waals surface area contributed by atoms with Gasteiger partial charge in [0.2, 0.25) is 5.91 Å². The highest BCUT2D eigenvalue weighted by Crippen LogP contribution is 2.16. The lowest BCUT2D eigenvalue weighted by Crippen LogP contribution is -2.37. The number of nitrogens with zero attached hydrogens (tertiary/aromatic N) is 6. The minimum Gasteiger partial charge on any atom is -0.436 e. The second-order valence-corrected chi connectivity index (χ2v) is 10.5. The second kappa shape index (κ2) is 14.2. The molecular formula is C28H38N8O5. The number of allylic oxidation sites excluding steroid dienone is 1. The number of amides is 3. The quantitative estimate of drug-likeness (QED) is 0.317. The summed E-state index contributed by atoms with van der Waals surface area (Å²) in [6.45, 7) is 4.41. The van der Waals surface area contributed by atoms with Gasteiger partial charge in [-0.2, -0.15) is 0 Å². The van der Waals surface area contributed by atoms with E-state index in [1.165, 1.54) is 46.9 Å². The summed E-state index contributed by atoms with van der Waals surface area (Å²) < 4.78 is 6.76. The monoisotopic (exact) mass is 566 g/mol. The molecule has 0 aliphatic carbocycles. The van der Waals surface area contributed by atoms with E-state index in [0.717, 1.165) is 18.5 Å². The summed E-state index contributed by atoms with van der Waals surface area (Å²) in [5.74, 6) is 0.180. The van der Waals surface area contributed by atoms with Crippen LogP contribution in [-0.4, -0.2) is 86.5 Å². The van der Waals surface area contributed by atoms with E-state index >= 15 is 0 Å². The van der Waals surface area contributed by atoms with Gasteiger partial charge in [0.1, 0.15) is 23.4 Å². The van der Waals surface area contributed by atoms with Crippen molar-refractivity contribution in [3.63, 3.8) is 0 Å². The van der Waals surface area contributed by atoms with Gasteiger partial charge >= 0.3 is 6.09 Å². The molecule has 0 spiro atoms. The molecule has 0 fully saturated rings. The average molecular weight is 567 g/mol. The van der Waals surface area contributed by atoms with Crippen LogP contribution in [0.3, 0.4) is 0 Å². The predicted octanol–water partition coefficient (Wildman–Crippen LogP) is 2.58. The fourth-order valence-corrected chi connectivity index (χ4v) is 3.79. The number of aromatic amines is 1. The third kappa shape index (κ3) is 8.72. The summed E-state index contributed by atoms with van der Waals surface area (Å²) in [6, 6.07) is 3.11. The minimum atomic E-state index is -1.18. The Morgan fingerprint density at radius 2 is 1.88 bits per heavy atom. The standard InChI is InChI=1S/C28H38N8O5/c1-18(2)13-14-19-24-25(30-17-29-19)33-22(32-24)16-36-15-9-10-20(27(36)39)31-26(38)21(41-28(40)35(5)6)11-7-8-12-23(37)34(3)4/h8-10,12,15,17-18,21H,7,11,13-14,16H2,1-6H3,(H,31,38)(H,29,30,32,33). The van der Waals surface area contributed by atoms with E-state index in [1.807, 2.05) is 0 Å². The maximum absolute atomic E-state index is 13.2. The number of rotatable bonds is 12. The molecule has 1 unspecified atom stereocenters. The van der Waals surface area contributed by atoms with Crippen molar-refractivity contribution in [3.05, 3.63) is 58.7 Å². The normalized spacial score (nSPS) is 12.1. The molecule has 3 amide bonds. The van der Waals surface area contributed by atoms with Gasteiger partial charge in [-0.15, -0.1) is 0 Å². The third-order valence-corrected chi connectivity index (χ3v) is 6.16. The molecule has 0 bridgehead atoms. The number of pyridine rings is 1. The van der Waals surface area contributed by atoms with Gasteiger partial charge in [0, 0.05) is 34.4 Å². The van der Waals surface area contributed by atoms with Gasteiger partial charge in [0.15, 0.2) is 11.8 Å². The minimum absolute atomic E-state index is 0.0234. The lowest BCUT2D eigenvalue weighted by molar-refractivity contribution is -0.125. The number of carbonyl (C=O) groups excluding carboxylic acids is 3. The van der Waals surface area contributed by atoms with Crippen molar-refractivity contribution in [1.29, 1.82) is 0 Å². The van der Waals surface area contributed by atoms with Crippen LogP contribution >= 0.6 is 0 Å². The number of hydrogen-bond donors (Lipinski definition) is 2. The fraction of sp³-hybridized carbons (Fsp3) is 0.464. The molecule has 13 nitrogen and oxygen atoms in total. The number of aromatic nitrogens is 5. The van der Waals surface area contributed by atoms with E-state index < -0.39 is 23.7 Å². The first-order chi connectivity index (χ1) is 19.5. The number of likely N-dealkylation sites (N-methyl/N-ethyl adjacent to an activating group) is 1. The second-order valence-electron chi connectivity index (χ2n) is 10.5. The summed E-state index contributed by atoms with van der Waals surface area (Å²) in [5.41, 5.74) is 1.68. The molecule has 2 N–H and O–H groups in total. The maximum atomic E-state index is 13.2. The van der Waals surface area contributed by atoms with Crippen molar-refractivity contribution in [2.24, 2.45) is 5.92 Å². The highest BCUT2D eigenvalue weighted by atomic mass is 16.6. The number of imidazole rings is 1. The van der Waals surface area contributed by atoms with Crippen LogP contribution in [0.5, 0.6) is 0 Å². The van der Waals surface area contributed by atoms with Crippen molar-refractivity contribution in [2.75, 3.05) is 33.5 Å². The smallest absolute Gasteiger partial charge is 0.410 e. The molecule has 220 valence electrons. The van der Waals surface area contributed by atoms with Gasteiger partial charge in [0.05, 0.1) is 12.2 Å². The molecule has 0 aliphatic rings. The number of H-pyrrole nitrogens is 1. The molecule has 0 saturated heterocycles. The molecular weight excluding hydrogens is 528 g/mol. The van der Waals surface area contributed by atoms with Gasteiger partial charge in [0.25, 0.3) is 11.5 Å². The number of aryl methyl sites for hydroxylation is 1. The number of fused-ring (bicyclic) bond motifs is 1. The van der Waals surface area contributed by atoms with Crippen molar-refractivity contribution in [3.8, 4) is 0 Å². The van der Waals surface area contributed by atoms with Crippen LogP contribution in [0, 0.1) is 5.92 Å². The molecule has 3 aromatic heterocycles. The summed E-state index contributed by atoms with van der Waals surface area (Å²) >= 11 is 0. The fourth-order valence-electron chi connectivity index (χ4n) is 3.79. The topological polar surface area (TPSA) is 155 Å². The highest BCUT2D eigenvalue weighted by Gasteiger charge is 2.24. The van der Waals surface area contributed by atoms with Crippen molar-refractivity contribution < 1.29 is 19.1 Å². The summed E-state index contributed by atoms with van der Waals surface area (Å²) in [4.78, 5) is 69.4. The van der Waals surface area contributed by atoms with Gasteiger partial charge in [-0.1, -0.05) is 19.9 Å². The van der Waals surface area contributed by atoms with Crippen molar-refractivity contribution >= 4 is 34.8 Å². The molecule has 3 aromatic rings. The Hall–Kier alpha value is -4.55. The van der Waals surface area contributed by atoms with E-state index in [9.17, 15) is 19.2 Å². The lowest BCUT2D eigenvalue weighted by atomic mass is 10.1. The van der Waals surface area contributed by atoms with Crippen LogP contribution in [0.25, 0.3) is 11.2 Å². The Morgan fingerprint density at radius 3 is 2.56 bits per heavy atom. The number of anilines is 1. The Bertz CT molecular complexity index is 1460. The number of nitrogens with one attached hydrogen (secondary N) is 2. The molecule has 13 heteroatoms. The van der Waals surface area contributed by atoms with E-state index in [0.29, 0.717) is 29.3 Å². The van der Waals surface area contributed by atoms with Gasteiger partial charge in [-0.05, 0) is 49.8 Å². The van der Waals surface area contributed by atoms with Crippen molar-refractivity contribution in [1.82, 2.24) is 34.3 Å². The van der Waals surface area contributed by atoms with Crippen molar-refractivity contribution in [2.45, 2.75) is 52.2 Å².